The molecule has 0 amide bonds. The first-order valence-corrected chi connectivity index (χ1v) is 10.8. The summed E-state index contributed by atoms with van der Waals surface area (Å²) < 4.78 is 33.8. The van der Waals surface area contributed by atoms with Crippen LogP contribution in [-0.2, 0) is 4.74 Å². The van der Waals surface area contributed by atoms with Crippen molar-refractivity contribution in [1.29, 1.82) is 5.26 Å². The van der Waals surface area contributed by atoms with E-state index in [1.54, 1.807) is 30.3 Å². The monoisotopic (exact) mass is 464 g/mol. The minimum atomic E-state index is -0.615. The van der Waals surface area contributed by atoms with Crippen LogP contribution in [0.25, 0.3) is 44.4 Å². The molecule has 0 spiro atoms. The van der Waals surface area contributed by atoms with Crippen molar-refractivity contribution >= 4 is 16.9 Å². The largest absolute Gasteiger partial charge is 0.465 e. The molecule has 4 aromatic carbocycles. The number of nitrogens with one attached hydrogen (secondary N) is 1. The predicted molar refractivity (Wildman–Crippen MR) is 131 cm³/mol. The van der Waals surface area contributed by atoms with Crippen molar-refractivity contribution in [2.75, 3.05) is 7.11 Å². The Morgan fingerprint density at radius 3 is 2.46 bits per heavy atom. The molecule has 0 radical (unpaired) electrons. The van der Waals surface area contributed by atoms with Crippen molar-refractivity contribution in [2.45, 2.75) is 0 Å². The predicted octanol–water partition coefficient (Wildman–Crippen LogP) is 7.11. The molecule has 35 heavy (non-hydrogen) atoms. The minimum Gasteiger partial charge on any atom is -0.465 e. The van der Waals surface area contributed by atoms with Crippen molar-refractivity contribution in [2.24, 2.45) is 0 Å². The van der Waals surface area contributed by atoms with Gasteiger partial charge in [-0.15, -0.1) is 0 Å². The van der Waals surface area contributed by atoms with Crippen LogP contribution in [0, 0.1) is 23.0 Å². The first kappa shape index (κ1) is 22.1. The number of hydrogen-bond acceptors (Lipinski definition) is 3. The van der Waals surface area contributed by atoms with Crippen molar-refractivity contribution in [3.8, 4) is 39.6 Å². The van der Waals surface area contributed by atoms with Gasteiger partial charge in [-0.2, -0.15) is 5.26 Å². The molecule has 0 atom stereocenters. The van der Waals surface area contributed by atoms with E-state index in [1.165, 1.54) is 31.4 Å². The van der Waals surface area contributed by atoms with E-state index in [4.69, 9.17) is 0 Å². The summed E-state index contributed by atoms with van der Waals surface area (Å²) in [6, 6.07) is 25.3. The number of carbonyl (C=O) groups excluding carboxylic acids is 1. The molecule has 5 rings (SSSR count). The molecular formula is C29H18F2N2O2. The number of aromatic amines is 1. The van der Waals surface area contributed by atoms with E-state index in [-0.39, 0.29) is 11.4 Å². The number of fused-ring (bicyclic) bond motifs is 1. The number of ether oxygens (including phenoxy) is 1. The van der Waals surface area contributed by atoms with Gasteiger partial charge in [-0.25, -0.2) is 13.6 Å². The van der Waals surface area contributed by atoms with Crippen molar-refractivity contribution < 1.29 is 18.3 Å². The Bertz CT molecular complexity index is 1650. The van der Waals surface area contributed by atoms with Gasteiger partial charge >= 0.3 is 5.97 Å². The van der Waals surface area contributed by atoms with Gasteiger partial charge in [-0.3, -0.25) is 0 Å². The maximum absolute atomic E-state index is 14.9. The zero-order valence-corrected chi connectivity index (χ0v) is 18.6. The van der Waals surface area contributed by atoms with Crippen LogP contribution in [0.1, 0.15) is 15.9 Å². The summed E-state index contributed by atoms with van der Waals surface area (Å²) in [5, 5.41) is 10.3. The van der Waals surface area contributed by atoms with E-state index >= 15 is 0 Å². The second kappa shape index (κ2) is 8.88. The van der Waals surface area contributed by atoms with Crippen molar-refractivity contribution in [1.82, 2.24) is 4.98 Å². The summed E-state index contributed by atoms with van der Waals surface area (Å²) in [6.45, 7) is 0. The van der Waals surface area contributed by atoms with Gasteiger partial charge in [0.05, 0.1) is 30.0 Å². The quantitative estimate of drug-likeness (QED) is 0.288. The first-order chi connectivity index (χ1) is 17.0. The molecule has 170 valence electrons. The highest BCUT2D eigenvalue weighted by molar-refractivity contribution is 6.05. The number of benzene rings is 4. The highest BCUT2D eigenvalue weighted by atomic mass is 19.1. The van der Waals surface area contributed by atoms with Gasteiger partial charge in [0, 0.05) is 27.6 Å². The molecule has 0 saturated carbocycles. The number of hydrogen-bond donors (Lipinski definition) is 1. The van der Waals surface area contributed by atoms with E-state index in [0.29, 0.717) is 44.4 Å². The van der Waals surface area contributed by atoms with Crippen LogP contribution in [0.4, 0.5) is 8.78 Å². The Kier molecular flexibility index (Phi) is 5.60. The third-order valence-electron chi connectivity index (χ3n) is 5.93. The fraction of sp³-hybridized carbons (Fsp3) is 0.0345. The fourth-order valence-corrected chi connectivity index (χ4v) is 4.30. The molecule has 4 nitrogen and oxygen atoms in total. The lowest BCUT2D eigenvalue weighted by atomic mass is 9.93. The molecule has 0 fully saturated rings. The number of rotatable bonds is 4. The van der Waals surface area contributed by atoms with E-state index in [2.05, 4.69) is 15.8 Å². The minimum absolute atomic E-state index is 0.123. The molecule has 1 N–H and O–H groups in total. The number of H-pyrrole nitrogens is 1. The molecule has 1 heterocycles. The zero-order chi connectivity index (χ0) is 24.5. The van der Waals surface area contributed by atoms with E-state index in [9.17, 15) is 18.8 Å². The third kappa shape index (κ3) is 3.94. The van der Waals surface area contributed by atoms with Crippen LogP contribution in [0.15, 0.2) is 84.9 Å². The molecule has 0 aliphatic heterocycles. The van der Waals surface area contributed by atoms with Crippen molar-refractivity contribution in [3.05, 3.63) is 108 Å². The van der Waals surface area contributed by atoms with Crippen LogP contribution in [-0.4, -0.2) is 18.1 Å². The Hall–Kier alpha value is -4.76. The lowest BCUT2D eigenvalue weighted by Gasteiger charge is -2.10. The summed E-state index contributed by atoms with van der Waals surface area (Å²) in [5.41, 5.74) is 4.98. The molecule has 1 aromatic heterocycles. The summed E-state index contributed by atoms with van der Waals surface area (Å²) in [6.07, 6.45) is 0. The topological polar surface area (TPSA) is 65.9 Å². The number of halogens is 2. The standard InChI is InChI=1S/C29H18F2N2O2/c1-35-29(34)19-9-11-22(25(31)14-19)17-6-4-7-18(13-17)28-27(23-8-3-2-5-20(23)16-32)24-15-21(30)10-12-26(24)33-28/h2-15,33H,1H3. The first-order valence-electron chi connectivity index (χ1n) is 10.8. The van der Waals surface area contributed by atoms with Gasteiger partial charge in [0.15, 0.2) is 0 Å². The molecule has 0 unspecified atom stereocenters. The van der Waals surface area contributed by atoms with Gasteiger partial charge in [-0.1, -0.05) is 42.5 Å². The second-order valence-corrected chi connectivity index (χ2v) is 7.99. The lowest BCUT2D eigenvalue weighted by molar-refractivity contribution is 0.0600. The normalized spacial score (nSPS) is 10.8. The number of carbonyl (C=O) groups is 1. The van der Waals surface area contributed by atoms with Crippen molar-refractivity contribution in [3.63, 3.8) is 0 Å². The average molecular weight is 464 g/mol. The SMILES string of the molecule is COC(=O)c1ccc(-c2cccc(-c3[nH]c4ccc(F)cc4c3-c3ccccc3C#N)c2)c(F)c1. The molecule has 5 aromatic rings. The van der Waals surface area contributed by atoms with Crippen LogP contribution in [0.2, 0.25) is 0 Å². The highest BCUT2D eigenvalue weighted by Crippen LogP contribution is 2.41. The van der Waals surface area contributed by atoms with E-state index in [0.717, 1.165) is 11.6 Å². The van der Waals surface area contributed by atoms with Crippen LogP contribution in [0.3, 0.4) is 0 Å². The maximum atomic E-state index is 14.9. The molecule has 0 aliphatic rings. The van der Waals surface area contributed by atoms with Gasteiger partial charge in [0.1, 0.15) is 11.6 Å². The van der Waals surface area contributed by atoms with Crippen LogP contribution in [0.5, 0.6) is 0 Å². The molecular weight excluding hydrogens is 446 g/mol. The molecule has 0 saturated heterocycles. The molecule has 0 aliphatic carbocycles. The summed E-state index contributed by atoms with van der Waals surface area (Å²) in [7, 11) is 1.24. The van der Waals surface area contributed by atoms with Gasteiger partial charge in [0.25, 0.3) is 0 Å². The highest BCUT2D eigenvalue weighted by Gasteiger charge is 2.19. The number of nitriles is 1. The summed E-state index contributed by atoms with van der Waals surface area (Å²) in [5.74, 6) is -1.56. The third-order valence-corrected chi connectivity index (χ3v) is 5.93. The molecule has 0 bridgehead atoms. The smallest absolute Gasteiger partial charge is 0.337 e. The maximum Gasteiger partial charge on any atom is 0.337 e. The number of methoxy groups -OCH3 is 1. The van der Waals surface area contributed by atoms with Gasteiger partial charge < -0.3 is 9.72 Å². The lowest BCUT2D eigenvalue weighted by Crippen LogP contribution is -2.02. The van der Waals surface area contributed by atoms with Crippen LogP contribution < -0.4 is 0 Å². The number of aromatic nitrogens is 1. The van der Waals surface area contributed by atoms with E-state index in [1.807, 2.05) is 24.3 Å². The average Bonchev–Trinajstić information content (AvgIpc) is 3.26. The van der Waals surface area contributed by atoms with Gasteiger partial charge in [-0.05, 0) is 53.6 Å². The summed E-state index contributed by atoms with van der Waals surface area (Å²) in [4.78, 5) is 15.1. The number of nitrogens with zero attached hydrogens (tertiary/aromatic N) is 1. The second-order valence-electron chi connectivity index (χ2n) is 7.99. The Morgan fingerprint density at radius 1 is 0.886 bits per heavy atom. The van der Waals surface area contributed by atoms with Crippen LogP contribution >= 0.6 is 0 Å². The Labute approximate surface area is 200 Å². The zero-order valence-electron chi connectivity index (χ0n) is 18.6. The van der Waals surface area contributed by atoms with E-state index < -0.39 is 11.8 Å². The van der Waals surface area contributed by atoms with Gasteiger partial charge in [0.2, 0.25) is 0 Å². The Morgan fingerprint density at radius 2 is 1.69 bits per heavy atom. The Balaban J connectivity index is 1.71. The number of esters is 1. The fourth-order valence-electron chi connectivity index (χ4n) is 4.30. The molecule has 6 heteroatoms. The summed E-state index contributed by atoms with van der Waals surface area (Å²) >= 11 is 0.